The minimum absolute atomic E-state index is 0.658. The van der Waals surface area contributed by atoms with E-state index in [9.17, 15) is 0 Å². The average Bonchev–Trinajstić information content (AvgIpc) is 3.15. The van der Waals surface area contributed by atoms with Gasteiger partial charge in [-0.2, -0.15) is 0 Å². The SMILES string of the molecule is C/C=C(/N=c1c(OC)ccc(C)n1C)C1CC1. The number of pyridine rings is 1. The van der Waals surface area contributed by atoms with Crippen LogP contribution in [0, 0.1) is 12.8 Å². The van der Waals surface area contributed by atoms with Gasteiger partial charge in [0.2, 0.25) is 0 Å². The monoisotopic (exact) mass is 232 g/mol. The second-order valence-corrected chi connectivity index (χ2v) is 4.53. The lowest BCUT2D eigenvalue weighted by Gasteiger charge is -2.09. The van der Waals surface area contributed by atoms with Crippen LogP contribution in [0.2, 0.25) is 0 Å². The van der Waals surface area contributed by atoms with Crippen LogP contribution in [-0.2, 0) is 7.05 Å². The van der Waals surface area contributed by atoms with Gasteiger partial charge in [0.1, 0.15) is 0 Å². The largest absolute Gasteiger partial charge is 0.493 e. The molecule has 3 nitrogen and oxygen atoms in total. The first-order valence-corrected chi connectivity index (χ1v) is 6.09. The Hall–Kier alpha value is -1.51. The summed E-state index contributed by atoms with van der Waals surface area (Å²) in [5.74, 6) is 1.49. The van der Waals surface area contributed by atoms with Crippen LogP contribution < -0.4 is 10.2 Å². The third-order valence-electron chi connectivity index (χ3n) is 3.29. The number of methoxy groups -OCH3 is 1. The molecule has 0 radical (unpaired) electrons. The molecule has 92 valence electrons. The number of rotatable bonds is 3. The molecule has 1 saturated carbocycles. The molecule has 0 N–H and O–H groups in total. The van der Waals surface area contributed by atoms with Gasteiger partial charge in [0, 0.05) is 24.4 Å². The van der Waals surface area contributed by atoms with Crippen LogP contribution in [-0.4, -0.2) is 11.7 Å². The molecule has 1 aromatic heterocycles. The minimum atomic E-state index is 0.658. The molecule has 0 unspecified atom stereocenters. The van der Waals surface area contributed by atoms with Crippen LogP contribution in [0.3, 0.4) is 0 Å². The van der Waals surface area contributed by atoms with Crippen LogP contribution >= 0.6 is 0 Å². The lowest BCUT2D eigenvalue weighted by Crippen LogP contribution is -2.22. The molecule has 1 aromatic rings. The third-order valence-corrected chi connectivity index (χ3v) is 3.29. The number of hydrogen-bond acceptors (Lipinski definition) is 2. The van der Waals surface area contributed by atoms with Gasteiger partial charge in [0.15, 0.2) is 11.2 Å². The summed E-state index contributed by atoms with van der Waals surface area (Å²) in [6, 6.07) is 4.03. The van der Waals surface area contributed by atoms with E-state index in [1.54, 1.807) is 7.11 Å². The third kappa shape index (κ3) is 2.43. The standard InChI is InChI=1S/C14H20N2O/c1-5-12(11-7-8-11)15-14-13(17-4)9-6-10(2)16(14)3/h5-6,9,11H,7-8H2,1-4H3/b12-5+,15-14?. The number of nitrogens with zero attached hydrogens (tertiary/aromatic N) is 2. The summed E-state index contributed by atoms with van der Waals surface area (Å²) in [6.07, 6.45) is 4.64. The van der Waals surface area contributed by atoms with Gasteiger partial charge >= 0.3 is 0 Å². The van der Waals surface area contributed by atoms with Crippen molar-refractivity contribution in [3.8, 4) is 5.75 Å². The second-order valence-electron chi connectivity index (χ2n) is 4.53. The second kappa shape index (κ2) is 4.78. The van der Waals surface area contributed by atoms with Gasteiger partial charge < -0.3 is 9.30 Å². The molecule has 3 heteroatoms. The zero-order valence-electron chi connectivity index (χ0n) is 11.0. The molecule has 0 bridgehead atoms. The van der Waals surface area contributed by atoms with E-state index in [1.807, 2.05) is 19.2 Å². The highest BCUT2D eigenvalue weighted by Crippen LogP contribution is 2.36. The smallest absolute Gasteiger partial charge is 0.175 e. The summed E-state index contributed by atoms with van der Waals surface area (Å²) in [5, 5.41) is 0. The average molecular weight is 232 g/mol. The maximum Gasteiger partial charge on any atom is 0.175 e. The van der Waals surface area contributed by atoms with Crippen LogP contribution in [0.5, 0.6) is 5.75 Å². The fourth-order valence-corrected chi connectivity index (χ4v) is 1.90. The molecule has 0 aromatic carbocycles. The first-order valence-electron chi connectivity index (χ1n) is 6.09. The van der Waals surface area contributed by atoms with E-state index in [4.69, 9.17) is 9.73 Å². The fraction of sp³-hybridized carbons (Fsp3) is 0.500. The molecule has 1 fully saturated rings. The topological polar surface area (TPSA) is 26.5 Å². The predicted molar refractivity (Wildman–Crippen MR) is 68.7 cm³/mol. The highest BCUT2D eigenvalue weighted by molar-refractivity contribution is 5.22. The Labute approximate surface area is 102 Å². The van der Waals surface area contributed by atoms with Crippen molar-refractivity contribution in [1.29, 1.82) is 0 Å². The molecule has 1 aliphatic carbocycles. The van der Waals surface area contributed by atoms with Gasteiger partial charge in [0.05, 0.1) is 7.11 Å². The van der Waals surface area contributed by atoms with Crippen LogP contribution in [0.15, 0.2) is 28.9 Å². The Morgan fingerprint density at radius 3 is 2.71 bits per heavy atom. The Balaban J connectivity index is 2.55. The number of ether oxygens (including phenoxy) is 1. The summed E-state index contributed by atoms with van der Waals surface area (Å²) in [4.78, 5) is 4.77. The van der Waals surface area contributed by atoms with Crippen molar-refractivity contribution in [1.82, 2.24) is 4.57 Å². The maximum absolute atomic E-state index is 5.38. The molecule has 1 heterocycles. The summed E-state index contributed by atoms with van der Waals surface area (Å²) in [6.45, 7) is 4.13. The van der Waals surface area contributed by atoms with Crippen molar-refractivity contribution in [3.63, 3.8) is 0 Å². The van der Waals surface area contributed by atoms with Crippen LogP contribution in [0.1, 0.15) is 25.5 Å². The number of aryl methyl sites for hydroxylation is 1. The lowest BCUT2D eigenvalue weighted by atomic mass is 10.3. The molecule has 0 spiro atoms. The van der Waals surface area contributed by atoms with Crippen molar-refractivity contribution in [2.24, 2.45) is 18.0 Å². The molecule has 0 aliphatic heterocycles. The van der Waals surface area contributed by atoms with Crippen molar-refractivity contribution in [3.05, 3.63) is 35.1 Å². The number of allylic oxidation sites excluding steroid dienone is 2. The zero-order valence-corrected chi connectivity index (χ0v) is 11.0. The highest BCUT2D eigenvalue weighted by atomic mass is 16.5. The normalized spacial score (nSPS) is 17.4. The van der Waals surface area contributed by atoms with Crippen molar-refractivity contribution in [2.75, 3.05) is 7.11 Å². The fourth-order valence-electron chi connectivity index (χ4n) is 1.90. The highest BCUT2D eigenvalue weighted by Gasteiger charge is 2.25. The Kier molecular flexibility index (Phi) is 3.36. The summed E-state index contributed by atoms with van der Waals surface area (Å²) in [5.41, 5.74) is 3.27. The summed E-state index contributed by atoms with van der Waals surface area (Å²) < 4.78 is 7.46. The quantitative estimate of drug-likeness (QED) is 0.786. The molecule has 1 aliphatic rings. The van der Waals surface area contributed by atoms with Gasteiger partial charge in [0.25, 0.3) is 0 Å². The molecule has 0 atom stereocenters. The molecule has 0 saturated heterocycles. The maximum atomic E-state index is 5.38. The van der Waals surface area contributed by atoms with E-state index in [0.717, 1.165) is 11.2 Å². The Morgan fingerprint density at radius 1 is 1.47 bits per heavy atom. The van der Waals surface area contributed by atoms with E-state index in [2.05, 4.69) is 24.5 Å². The lowest BCUT2D eigenvalue weighted by molar-refractivity contribution is 0.401. The zero-order chi connectivity index (χ0) is 12.4. The van der Waals surface area contributed by atoms with E-state index < -0.39 is 0 Å². The Bertz CT molecular complexity index is 507. The number of hydrogen-bond donors (Lipinski definition) is 0. The van der Waals surface area contributed by atoms with Crippen molar-refractivity contribution in [2.45, 2.75) is 26.7 Å². The Morgan fingerprint density at radius 2 is 2.18 bits per heavy atom. The number of aromatic nitrogens is 1. The van der Waals surface area contributed by atoms with Crippen molar-refractivity contribution < 1.29 is 4.74 Å². The predicted octanol–water partition coefficient (Wildman–Crippen LogP) is 2.56. The van der Waals surface area contributed by atoms with Gasteiger partial charge in [-0.15, -0.1) is 0 Å². The van der Waals surface area contributed by atoms with Crippen molar-refractivity contribution >= 4 is 0 Å². The molecular formula is C14H20N2O. The van der Waals surface area contributed by atoms with Crippen LogP contribution in [0.4, 0.5) is 0 Å². The van der Waals surface area contributed by atoms with E-state index in [1.165, 1.54) is 24.2 Å². The molecule has 0 amide bonds. The van der Waals surface area contributed by atoms with E-state index in [-0.39, 0.29) is 0 Å². The van der Waals surface area contributed by atoms with Gasteiger partial charge in [-0.25, -0.2) is 4.99 Å². The van der Waals surface area contributed by atoms with Gasteiger partial charge in [-0.05, 0) is 38.8 Å². The van der Waals surface area contributed by atoms with Crippen LogP contribution in [0.25, 0.3) is 0 Å². The molecule has 2 rings (SSSR count). The first-order chi connectivity index (χ1) is 8.17. The first kappa shape index (κ1) is 12.0. The summed E-state index contributed by atoms with van der Waals surface area (Å²) in [7, 11) is 3.72. The minimum Gasteiger partial charge on any atom is -0.493 e. The molecular weight excluding hydrogens is 212 g/mol. The van der Waals surface area contributed by atoms with E-state index in [0.29, 0.717) is 5.92 Å². The summed E-state index contributed by atoms with van der Waals surface area (Å²) >= 11 is 0. The van der Waals surface area contributed by atoms with Gasteiger partial charge in [-0.3, -0.25) is 0 Å². The van der Waals surface area contributed by atoms with Gasteiger partial charge in [-0.1, -0.05) is 6.08 Å². The molecule has 17 heavy (non-hydrogen) atoms. The van der Waals surface area contributed by atoms with E-state index >= 15 is 0 Å².